The first-order chi connectivity index (χ1) is 10.3. The molecule has 0 N–H and O–H groups in total. The van der Waals surface area contributed by atoms with Gasteiger partial charge in [0, 0.05) is 0 Å². The number of ether oxygens (including phenoxy) is 2. The Morgan fingerprint density at radius 3 is 2.29 bits per heavy atom. The van der Waals surface area contributed by atoms with Crippen LogP contribution in [0.3, 0.4) is 0 Å². The molecule has 0 saturated carbocycles. The Morgan fingerprint density at radius 2 is 1.48 bits per heavy atom. The maximum absolute atomic E-state index is 12.4. The Labute approximate surface area is 122 Å². The Kier molecular flexibility index (Phi) is 3.56. The Balaban J connectivity index is 1.98. The molecule has 21 heavy (non-hydrogen) atoms. The lowest BCUT2D eigenvalue weighted by molar-refractivity contribution is 0.0732. The van der Waals surface area contributed by atoms with Crippen LogP contribution in [-0.4, -0.2) is 13.1 Å². The van der Waals surface area contributed by atoms with Gasteiger partial charge in [0.2, 0.25) is 0 Å². The molecule has 3 heteroatoms. The summed E-state index contributed by atoms with van der Waals surface area (Å²) in [6, 6.07) is 20.4. The molecule has 0 aliphatic rings. The molecule has 0 fully saturated rings. The molecule has 0 spiro atoms. The monoisotopic (exact) mass is 278 g/mol. The van der Waals surface area contributed by atoms with E-state index in [-0.39, 0.29) is 0 Å². The van der Waals surface area contributed by atoms with Crippen molar-refractivity contribution in [2.24, 2.45) is 0 Å². The summed E-state index contributed by atoms with van der Waals surface area (Å²) in [5, 5.41) is 1.88. The second-order valence-electron chi connectivity index (χ2n) is 4.57. The highest BCUT2D eigenvalue weighted by Crippen LogP contribution is 2.27. The number of methoxy groups -OCH3 is 1. The quantitative estimate of drug-likeness (QED) is 0.535. The van der Waals surface area contributed by atoms with Gasteiger partial charge in [0.15, 0.2) is 11.5 Å². The molecule has 0 bridgehead atoms. The molecule has 0 aliphatic heterocycles. The molecule has 0 amide bonds. The van der Waals surface area contributed by atoms with Crippen molar-refractivity contribution in [2.75, 3.05) is 7.11 Å². The van der Waals surface area contributed by atoms with Crippen molar-refractivity contribution in [1.29, 1.82) is 0 Å². The number of hydrogen-bond acceptors (Lipinski definition) is 3. The van der Waals surface area contributed by atoms with Crippen molar-refractivity contribution in [1.82, 2.24) is 0 Å². The largest absolute Gasteiger partial charge is 0.493 e. The first-order valence-corrected chi connectivity index (χ1v) is 6.62. The normalized spacial score (nSPS) is 10.3. The number of rotatable bonds is 3. The zero-order chi connectivity index (χ0) is 14.7. The molecule has 3 aromatic carbocycles. The molecule has 0 aromatic heterocycles. The third-order valence-corrected chi connectivity index (χ3v) is 3.28. The number of esters is 1. The minimum atomic E-state index is -0.392. The van der Waals surface area contributed by atoms with Crippen LogP contribution in [0.1, 0.15) is 10.4 Å². The van der Waals surface area contributed by atoms with Gasteiger partial charge in [0.05, 0.1) is 12.7 Å². The highest BCUT2D eigenvalue weighted by Gasteiger charge is 2.14. The fourth-order valence-corrected chi connectivity index (χ4v) is 2.26. The minimum Gasteiger partial charge on any atom is -0.493 e. The van der Waals surface area contributed by atoms with Crippen LogP contribution < -0.4 is 9.47 Å². The summed E-state index contributed by atoms with van der Waals surface area (Å²) >= 11 is 0. The fraction of sp³-hybridized carbons (Fsp3) is 0.0556. The molecule has 0 radical (unpaired) electrons. The van der Waals surface area contributed by atoms with Crippen LogP contribution in [0.2, 0.25) is 0 Å². The Hall–Kier alpha value is -2.81. The number of para-hydroxylation sites is 2. The Morgan fingerprint density at radius 1 is 0.810 bits per heavy atom. The van der Waals surface area contributed by atoms with E-state index in [1.807, 2.05) is 42.5 Å². The molecule has 0 saturated heterocycles. The zero-order valence-corrected chi connectivity index (χ0v) is 11.6. The van der Waals surface area contributed by atoms with Gasteiger partial charge in [-0.1, -0.05) is 48.5 Å². The number of carbonyl (C=O) groups is 1. The van der Waals surface area contributed by atoms with Gasteiger partial charge < -0.3 is 9.47 Å². The fourth-order valence-electron chi connectivity index (χ4n) is 2.26. The summed E-state index contributed by atoms with van der Waals surface area (Å²) in [6.45, 7) is 0. The predicted octanol–water partition coefficient (Wildman–Crippen LogP) is 4.07. The van der Waals surface area contributed by atoms with Crippen LogP contribution in [0.4, 0.5) is 0 Å². The van der Waals surface area contributed by atoms with Gasteiger partial charge in [0.25, 0.3) is 0 Å². The lowest BCUT2D eigenvalue weighted by Crippen LogP contribution is -2.09. The van der Waals surface area contributed by atoms with E-state index in [1.165, 1.54) is 0 Å². The summed E-state index contributed by atoms with van der Waals surface area (Å²) in [5.41, 5.74) is 0.541. The van der Waals surface area contributed by atoms with E-state index in [4.69, 9.17) is 9.47 Å². The van der Waals surface area contributed by atoms with E-state index in [0.717, 1.165) is 10.8 Å². The number of carbonyl (C=O) groups excluding carboxylic acids is 1. The van der Waals surface area contributed by atoms with Crippen molar-refractivity contribution in [3.05, 3.63) is 72.3 Å². The van der Waals surface area contributed by atoms with Crippen molar-refractivity contribution < 1.29 is 14.3 Å². The van der Waals surface area contributed by atoms with Crippen LogP contribution in [0.15, 0.2) is 66.7 Å². The molecule has 0 atom stereocenters. The number of hydrogen-bond donors (Lipinski definition) is 0. The zero-order valence-electron chi connectivity index (χ0n) is 11.6. The first-order valence-electron chi connectivity index (χ1n) is 6.62. The molecule has 0 heterocycles. The maximum atomic E-state index is 12.4. The van der Waals surface area contributed by atoms with Crippen LogP contribution in [0, 0.1) is 0 Å². The van der Waals surface area contributed by atoms with Crippen LogP contribution >= 0.6 is 0 Å². The summed E-state index contributed by atoms with van der Waals surface area (Å²) in [6.07, 6.45) is 0. The molecule has 3 nitrogen and oxygen atoms in total. The SMILES string of the molecule is COc1ccccc1OC(=O)c1cccc2ccccc12. The van der Waals surface area contributed by atoms with Gasteiger partial charge in [0.1, 0.15) is 0 Å². The highest BCUT2D eigenvalue weighted by molar-refractivity contribution is 6.05. The van der Waals surface area contributed by atoms with Gasteiger partial charge in [-0.05, 0) is 29.0 Å². The third-order valence-electron chi connectivity index (χ3n) is 3.28. The topological polar surface area (TPSA) is 35.5 Å². The van der Waals surface area contributed by atoms with Gasteiger partial charge >= 0.3 is 5.97 Å². The van der Waals surface area contributed by atoms with E-state index < -0.39 is 5.97 Å². The van der Waals surface area contributed by atoms with Gasteiger partial charge in [-0.15, -0.1) is 0 Å². The van der Waals surface area contributed by atoms with E-state index in [9.17, 15) is 4.79 Å². The van der Waals surface area contributed by atoms with E-state index >= 15 is 0 Å². The smallest absolute Gasteiger partial charge is 0.344 e. The van der Waals surface area contributed by atoms with Gasteiger partial charge in [-0.25, -0.2) is 4.79 Å². The standard InChI is InChI=1S/C18H14O3/c1-20-16-11-4-5-12-17(16)21-18(19)15-10-6-8-13-7-2-3-9-14(13)15/h2-12H,1H3. The van der Waals surface area contributed by atoms with Gasteiger partial charge in [-0.2, -0.15) is 0 Å². The second kappa shape index (κ2) is 5.67. The summed E-state index contributed by atoms with van der Waals surface area (Å²) in [4.78, 5) is 12.4. The average molecular weight is 278 g/mol. The van der Waals surface area contributed by atoms with Crippen molar-refractivity contribution in [3.8, 4) is 11.5 Å². The number of benzene rings is 3. The summed E-state index contributed by atoms with van der Waals surface area (Å²) < 4.78 is 10.7. The first kappa shape index (κ1) is 13.2. The molecule has 0 aliphatic carbocycles. The maximum Gasteiger partial charge on any atom is 0.344 e. The van der Waals surface area contributed by atoms with E-state index in [1.54, 1.807) is 31.4 Å². The molecule has 3 aromatic rings. The average Bonchev–Trinajstić information content (AvgIpc) is 2.54. The predicted molar refractivity (Wildman–Crippen MR) is 81.9 cm³/mol. The van der Waals surface area contributed by atoms with Gasteiger partial charge in [-0.3, -0.25) is 0 Å². The summed E-state index contributed by atoms with van der Waals surface area (Å²) in [5.74, 6) is 0.556. The minimum absolute atomic E-state index is 0.392. The molecular weight excluding hydrogens is 264 g/mol. The van der Waals surface area contributed by atoms with E-state index in [2.05, 4.69) is 0 Å². The molecule has 0 unspecified atom stereocenters. The molecule has 104 valence electrons. The Bertz CT molecular complexity index is 788. The summed E-state index contributed by atoms with van der Waals surface area (Å²) in [7, 11) is 1.55. The molecular formula is C18H14O3. The third kappa shape index (κ3) is 2.58. The van der Waals surface area contributed by atoms with E-state index in [0.29, 0.717) is 17.1 Å². The van der Waals surface area contributed by atoms with Crippen LogP contribution in [0.5, 0.6) is 11.5 Å². The second-order valence-corrected chi connectivity index (χ2v) is 4.57. The van der Waals surface area contributed by atoms with Crippen LogP contribution in [0.25, 0.3) is 10.8 Å². The lowest BCUT2D eigenvalue weighted by atomic mass is 10.0. The van der Waals surface area contributed by atoms with Crippen molar-refractivity contribution >= 4 is 16.7 Å². The van der Waals surface area contributed by atoms with Crippen LogP contribution in [-0.2, 0) is 0 Å². The highest BCUT2D eigenvalue weighted by atomic mass is 16.6. The lowest BCUT2D eigenvalue weighted by Gasteiger charge is -2.10. The van der Waals surface area contributed by atoms with Crippen molar-refractivity contribution in [3.63, 3.8) is 0 Å². The molecule has 3 rings (SSSR count). The number of fused-ring (bicyclic) bond motifs is 1. The van der Waals surface area contributed by atoms with Crippen molar-refractivity contribution in [2.45, 2.75) is 0 Å².